The van der Waals surface area contributed by atoms with Crippen molar-refractivity contribution >= 4 is 21.8 Å². The van der Waals surface area contributed by atoms with Crippen LogP contribution in [0.3, 0.4) is 0 Å². The van der Waals surface area contributed by atoms with Gasteiger partial charge in [-0.3, -0.25) is 24.9 Å². The Morgan fingerprint density at radius 3 is 1.31 bits per heavy atom. The predicted octanol–water partition coefficient (Wildman–Crippen LogP) is 13.7. The first-order chi connectivity index (χ1) is 30.7. The van der Waals surface area contributed by atoms with Crippen LogP contribution in [0.4, 0.5) is 0 Å². The number of nitrogens with zero attached hydrogens (tertiary/aromatic N) is 6. The van der Waals surface area contributed by atoms with E-state index in [2.05, 4.69) is 137 Å². The van der Waals surface area contributed by atoms with Gasteiger partial charge in [-0.05, 0) is 111 Å². The third-order valence-corrected chi connectivity index (χ3v) is 11.3. The van der Waals surface area contributed by atoms with Gasteiger partial charge in [0, 0.05) is 58.4 Å². The van der Waals surface area contributed by atoms with Crippen molar-refractivity contribution in [2.75, 3.05) is 0 Å². The molecule has 0 aliphatic carbocycles. The highest BCUT2D eigenvalue weighted by Gasteiger charge is 2.15. The Morgan fingerprint density at radius 2 is 0.758 bits per heavy atom. The topological polar surface area (TPSA) is 77.3 Å². The first-order valence-electron chi connectivity index (χ1n) is 20.6. The van der Waals surface area contributed by atoms with E-state index >= 15 is 0 Å². The van der Waals surface area contributed by atoms with Crippen LogP contribution in [0.5, 0.6) is 0 Å². The number of aromatic nitrogens is 6. The minimum Gasteiger partial charge on any atom is -0.255 e. The van der Waals surface area contributed by atoms with Gasteiger partial charge in [-0.15, -0.1) is 0 Å². The van der Waals surface area contributed by atoms with E-state index in [1.165, 1.54) is 0 Å². The average Bonchev–Trinajstić information content (AvgIpc) is 3.37. The normalized spacial score (nSPS) is 11.2. The highest BCUT2D eigenvalue weighted by molar-refractivity contribution is 6.09. The summed E-state index contributed by atoms with van der Waals surface area (Å²) in [5.74, 6) is 0. The van der Waals surface area contributed by atoms with Crippen molar-refractivity contribution in [3.8, 4) is 89.7 Å². The number of pyridine rings is 6. The van der Waals surface area contributed by atoms with E-state index in [-0.39, 0.29) is 0 Å². The maximum atomic E-state index is 5.16. The van der Waals surface area contributed by atoms with E-state index < -0.39 is 0 Å². The van der Waals surface area contributed by atoms with E-state index in [1.807, 2.05) is 79.3 Å². The monoisotopic (exact) mass is 792 g/mol. The molecule has 6 heteroatoms. The largest absolute Gasteiger partial charge is 0.255 e. The average molecular weight is 793 g/mol. The zero-order chi connectivity index (χ0) is 41.2. The third kappa shape index (κ3) is 7.16. The number of hydrogen-bond acceptors (Lipinski definition) is 6. The Labute approximate surface area is 359 Å². The summed E-state index contributed by atoms with van der Waals surface area (Å²) in [5, 5.41) is 2.15. The van der Waals surface area contributed by atoms with Crippen LogP contribution in [0.15, 0.2) is 219 Å². The van der Waals surface area contributed by atoms with Crippen molar-refractivity contribution in [3.05, 3.63) is 219 Å². The van der Waals surface area contributed by atoms with Crippen LogP contribution in [0.2, 0.25) is 0 Å². The Kier molecular flexibility index (Phi) is 9.41. The van der Waals surface area contributed by atoms with Crippen molar-refractivity contribution in [2.24, 2.45) is 0 Å². The van der Waals surface area contributed by atoms with Crippen LogP contribution < -0.4 is 0 Å². The van der Waals surface area contributed by atoms with Crippen LogP contribution in [-0.4, -0.2) is 29.9 Å². The van der Waals surface area contributed by atoms with E-state index in [9.17, 15) is 0 Å². The molecule has 0 bridgehead atoms. The quantitative estimate of drug-likeness (QED) is 0.143. The molecular weight excluding hydrogens is 757 g/mol. The second-order valence-electron chi connectivity index (χ2n) is 15.2. The highest BCUT2D eigenvalue weighted by atomic mass is 14.8. The van der Waals surface area contributed by atoms with Gasteiger partial charge in [-0.2, -0.15) is 0 Å². The third-order valence-electron chi connectivity index (χ3n) is 11.3. The van der Waals surface area contributed by atoms with Crippen molar-refractivity contribution in [1.29, 1.82) is 0 Å². The molecule has 0 saturated carbocycles. The van der Waals surface area contributed by atoms with Crippen LogP contribution in [0.1, 0.15) is 0 Å². The maximum absolute atomic E-state index is 5.16. The summed E-state index contributed by atoms with van der Waals surface area (Å²) >= 11 is 0. The van der Waals surface area contributed by atoms with Crippen LogP contribution >= 0.6 is 0 Å². The summed E-state index contributed by atoms with van der Waals surface area (Å²) in [5.41, 5.74) is 18.1. The molecule has 6 aromatic heterocycles. The SMILES string of the molecule is c1ccc(-c2cc(-c3ccc(-c4ccc(-c5cc(-c6ccc(-c7ccccn7)nc6)cc(-c6ccc(-c7ccccn7)nc6)c5)cc4)cc3)c3ccc4cccnc4c3n2)cc1. The summed E-state index contributed by atoms with van der Waals surface area (Å²) in [6.07, 6.45) is 9.28. The summed E-state index contributed by atoms with van der Waals surface area (Å²) in [7, 11) is 0. The van der Waals surface area contributed by atoms with Gasteiger partial charge in [0.05, 0.1) is 39.5 Å². The number of benzene rings is 5. The summed E-state index contributed by atoms with van der Waals surface area (Å²) in [6, 6.07) is 65.3. The molecule has 0 aliphatic rings. The Hall–Kier alpha value is -8.48. The molecule has 0 amide bonds. The lowest BCUT2D eigenvalue weighted by Gasteiger charge is -2.13. The molecule has 0 spiro atoms. The molecule has 11 rings (SSSR count). The number of rotatable bonds is 8. The second kappa shape index (κ2) is 15.9. The first kappa shape index (κ1) is 36.6. The predicted molar refractivity (Wildman–Crippen MR) is 252 cm³/mol. The molecule has 0 fully saturated rings. The van der Waals surface area contributed by atoms with Gasteiger partial charge in [0.1, 0.15) is 0 Å². The van der Waals surface area contributed by atoms with Crippen molar-refractivity contribution in [2.45, 2.75) is 0 Å². The van der Waals surface area contributed by atoms with Crippen LogP contribution in [-0.2, 0) is 0 Å². The summed E-state index contributed by atoms with van der Waals surface area (Å²) in [6.45, 7) is 0. The molecule has 11 aromatic rings. The Bertz CT molecular complexity index is 3240. The standard InChI is InChI=1S/C56H36N6/c1-2-9-41(10-3-1)54-34-49(48-25-22-42-11-8-30-59-55(42)56(48)62-54)40-20-18-38(19-21-40)37-14-16-39(17-15-37)45-31-46(43-23-26-52(60-35-43)50-12-4-6-28-57-50)33-47(32-45)44-24-27-53(61-36-44)51-13-5-7-29-58-51/h1-36H. The van der Waals surface area contributed by atoms with Gasteiger partial charge < -0.3 is 0 Å². The molecule has 0 radical (unpaired) electrons. The number of fused-ring (bicyclic) bond motifs is 3. The zero-order valence-corrected chi connectivity index (χ0v) is 33.5. The lowest BCUT2D eigenvalue weighted by molar-refractivity contribution is 1.25. The van der Waals surface area contributed by atoms with Gasteiger partial charge in [-0.1, -0.05) is 121 Å². The molecule has 0 unspecified atom stereocenters. The van der Waals surface area contributed by atoms with Gasteiger partial charge in [-0.25, -0.2) is 4.98 Å². The van der Waals surface area contributed by atoms with Gasteiger partial charge in [0.2, 0.25) is 0 Å². The van der Waals surface area contributed by atoms with E-state index in [1.54, 1.807) is 12.4 Å². The zero-order valence-electron chi connectivity index (χ0n) is 33.5. The van der Waals surface area contributed by atoms with Crippen molar-refractivity contribution in [1.82, 2.24) is 29.9 Å². The molecular formula is C56H36N6. The van der Waals surface area contributed by atoms with E-state index in [0.717, 1.165) is 111 Å². The van der Waals surface area contributed by atoms with Gasteiger partial charge >= 0.3 is 0 Å². The highest BCUT2D eigenvalue weighted by Crippen LogP contribution is 2.38. The lowest BCUT2D eigenvalue weighted by Crippen LogP contribution is -1.92. The van der Waals surface area contributed by atoms with E-state index in [0.29, 0.717) is 0 Å². The maximum Gasteiger partial charge on any atom is 0.0978 e. The fourth-order valence-electron chi connectivity index (χ4n) is 8.11. The molecule has 290 valence electrons. The molecule has 0 saturated heterocycles. The molecule has 6 heterocycles. The summed E-state index contributed by atoms with van der Waals surface area (Å²) < 4.78 is 0. The van der Waals surface area contributed by atoms with Gasteiger partial charge in [0.15, 0.2) is 0 Å². The number of hydrogen-bond donors (Lipinski definition) is 0. The molecule has 0 N–H and O–H groups in total. The summed E-state index contributed by atoms with van der Waals surface area (Å²) in [4.78, 5) is 28.5. The van der Waals surface area contributed by atoms with Crippen LogP contribution in [0, 0.1) is 0 Å². The Morgan fingerprint density at radius 1 is 0.258 bits per heavy atom. The Balaban J connectivity index is 0.935. The van der Waals surface area contributed by atoms with Crippen LogP contribution in [0.25, 0.3) is 111 Å². The molecule has 0 atom stereocenters. The smallest absolute Gasteiger partial charge is 0.0978 e. The molecule has 62 heavy (non-hydrogen) atoms. The fraction of sp³-hybridized carbons (Fsp3) is 0. The first-order valence-corrected chi connectivity index (χ1v) is 20.6. The molecule has 0 aliphatic heterocycles. The van der Waals surface area contributed by atoms with E-state index in [4.69, 9.17) is 19.9 Å². The fourth-order valence-corrected chi connectivity index (χ4v) is 8.11. The second-order valence-corrected chi connectivity index (χ2v) is 15.2. The minimum atomic E-state index is 0.834. The molecule has 5 aromatic carbocycles. The van der Waals surface area contributed by atoms with Crippen molar-refractivity contribution in [3.63, 3.8) is 0 Å². The molecule has 6 nitrogen and oxygen atoms in total. The minimum absolute atomic E-state index is 0.834. The lowest BCUT2D eigenvalue weighted by atomic mass is 9.92. The van der Waals surface area contributed by atoms with Crippen molar-refractivity contribution < 1.29 is 0 Å². The van der Waals surface area contributed by atoms with Gasteiger partial charge in [0.25, 0.3) is 0 Å².